The molecule has 0 radical (unpaired) electrons. The Morgan fingerprint density at radius 2 is 1.83 bits per heavy atom. The van der Waals surface area contributed by atoms with E-state index in [4.69, 9.17) is 5.11 Å². The Kier molecular flexibility index (Phi) is 5.56. The summed E-state index contributed by atoms with van der Waals surface area (Å²) in [7, 11) is 1.68. The van der Waals surface area contributed by atoms with E-state index in [1.807, 2.05) is 24.3 Å². The third-order valence-electron chi connectivity index (χ3n) is 3.74. The molecular formula is C16H21N3O4. The number of hydrogen-bond acceptors (Lipinski definition) is 3. The molecule has 7 heteroatoms. The zero-order valence-electron chi connectivity index (χ0n) is 13.1. The molecule has 1 amide bonds. The van der Waals surface area contributed by atoms with Crippen molar-refractivity contribution in [2.45, 2.75) is 32.2 Å². The van der Waals surface area contributed by atoms with Crippen LogP contribution < -0.4 is 11.0 Å². The molecule has 1 aromatic heterocycles. The van der Waals surface area contributed by atoms with Gasteiger partial charge in [-0.25, -0.2) is 4.79 Å². The molecule has 2 N–H and O–H groups in total. The second-order valence-corrected chi connectivity index (χ2v) is 5.47. The van der Waals surface area contributed by atoms with Crippen molar-refractivity contribution in [1.29, 1.82) is 0 Å². The monoisotopic (exact) mass is 319 g/mol. The molecule has 0 fully saturated rings. The number of carboxylic acid groups (broad SMARTS) is 1. The van der Waals surface area contributed by atoms with E-state index in [9.17, 15) is 14.4 Å². The number of nitrogens with zero attached hydrogens (tertiary/aromatic N) is 2. The number of para-hydroxylation sites is 2. The first-order valence-electron chi connectivity index (χ1n) is 7.63. The molecule has 0 bridgehead atoms. The molecule has 2 rings (SSSR count). The van der Waals surface area contributed by atoms with Gasteiger partial charge >= 0.3 is 11.7 Å². The van der Waals surface area contributed by atoms with Crippen LogP contribution in [0.25, 0.3) is 11.0 Å². The van der Waals surface area contributed by atoms with Crippen molar-refractivity contribution in [3.63, 3.8) is 0 Å². The Balaban J connectivity index is 1.88. The Morgan fingerprint density at radius 1 is 1.13 bits per heavy atom. The average molecular weight is 319 g/mol. The largest absolute Gasteiger partial charge is 0.481 e. The minimum absolute atomic E-state index is 0.0185. The summed E-state index contributed by atoms with van der Waals surface area (Å²) >= 11 is 0. The number of fused-ring (bicyclic) bond motifs is 1. The van der Waals surface area contributed by atoms with Crippen molar-refractivity contribution in [2.24, 2.45) is 7.05 Å². The third kappa shape index (κ3) is 4.21. The van der Waals surface area contributed by atoms with Crippen molar-refractivity contribution >= 4 is 22.9 Å². The van der Waals surface area contributed by atoms with E-state index < -0.39 is 5.97 Å². The number of nitrogens with one attached hydrogen (secondary N) is 1. The predicted molar refractivity (Wildman–Crippen MR) is 86.3 cm³/mol. The van der Waals surface area contributed by atoms with E-state index in [1.165, 1.54) is 9.13 Å². The summed E-state index contributed by atoms with van der Waals surface area (Å²) in [6, 6.07) is 7.34. The highest BCUT2D eigenvalue weighted by Gasteiger charge is 2.12. The van der Waals surface area contributed by atoms with Crippen molar-refractivity contribution in [3.05, 3.63) is 34.7 Å². The number of aromatic nitrogens is 2. The Morgan fingerprint density at radius 3 is 2.52 bits per heavy atom. The summed E-state index contributed by atoms with van der Waals surface area (Å²) in [6.45, 7) is 0.466. The van der Waals surface area contributed by atoms with E-state index >= 15 is 0 Å². The van der Waals surface area contributed by atoms with Crippen LogP contribution in [0.15, 0.2) is 29.1 Å². The number of rotatable bonds is 8. The lowest BCUT2D eigenvalue weighted by molar-refractivity contribution is -0.137. The number of benzene rings is 1. The van der Waals surface area contributed by atoms with Crippen molar-refractivity contribution < 1.29 is 14.7 Å². The number of amides is 1. The molecule has 0 saturated heterocycles. The first kappa shape index (κ1) is 16.8. The van der Waals surface area contributed by atoms with E-state index in [0.717, 1.165) is 23.9 Å². The van der Waals surface area contributed by atoms with E-state index in [1.54, 1.807) is 7.05 Å². The van der Waals surface area contributed by atoms with Gasteiger partial charge < -0.3 is 10.4 Å². The van der Waals surface area contributed by atoms with Crippen LogP contribution >= 0.6 is 0 Å². The molecule has 0 aliphatic heterocycles. The van der Waals surface area contributed by atoms with Crippen molar-refractivity contribution in [1.82, 2.24) is 14.5 Å². The fourth-order valence-corrected chi connectivity index (χ4v) is 2.52. The van der Waals surface area contributed by atoms with Crippen LogP contribution in [0.2, 0.25) is 0 Å². The van der Waals surface area contributed by atoms with Crippen LogP contribution in [0.1, 0.15) is 25.7 Å². The molecule has 7 nitrogen and oxygen atoms in total. The van der Waals surface area contributed by atoms with Gasteiger partial charge in [0.15, 0.2) is 0 Å². The summed E-state index contributed by atoms with van der Waals surface area (Å²) in [6.07, 6.45) is 2.23. The van der Waals surface area contributed by atoms with Gasteiger partial charge in [0, 0.05) is 20.0 Å². The van der Waals surface area contributed by atoms with Gasteiger partial charge in [-0.05, 0) is 25.0 Å². The van der Waals surface area contributed by atoms with Crippen molar-refractivity contribution in [2.75, 3.05) is 6.54 Å². The summed E-state index contributed by atoms with van der Waals surface area (Å²) in [5.74, 6) is -1.02. The SMILES string of the molecule is Cn1c(=O)n(CC(=O)NCCCCCC(=O)O)c2ccccc21. The molecular weight excluding hydrogens is 298 g/mol. The van der Waals surface area contributed by atoms with Crippen LogP contribution in [-0.4, -0.2) is 32.7 Å². The molecule has 0 aliphatic rings. The minimum Gasteiger partial charge on any atom is -0.481 e. The lowest BCUT2D eigenvalue weighted by Gasteiger charge is -2.06. The smallest absolute Gasteiger partial charge is 0.329 e. The average Bonchev–Trinajstić information content (AvgIpc) is 2.76. The normalized spacial score (nSPS) is 10.8. The lowest BCUT2D eigenvalue weighted by Crippen LogP contribution is -2.33. The molecule has 0 spiro atoms. The Bertz CT molecular complexity index is 760. The maximum absolute atomic E-state index is 12.2. The third-order valence-corrected chi connectivity index (χ3v) is 3.74. The van der Waals surface area contributed by atoms with Gasteiger partial charge in [-0.1, -0.05) is 18.6 Å². The second kappa shape index (κ2) is 7.62. The Labute approximate surface area is 133 Å². The number of carbonyl (C=O) groups is 2. The summed E-state index contributed by atoms with van der Waals surface area (Å²) in [5, 5.41) is 11.3. The van der Waals surface area contributed by atoms with Crippen LogP contribution in [-0.2, 0) is 23.2 Å². The zero-order chi connectivity index (χ0) is 16.8. The van der Waals surface area contributed by atoms with Crippen LogP contribution in [0.3, 0.4) is 0 Å². The quantitative estimate of drug-likeness (QED) is 0.713. The number of carboxylic acids is 1. The standard InChI is InChI=1S/C16H21N3O4/c1-18-12-7-4-5-8-13(12)19(16(18)23)11-14(20)17-10-6-2-3-9-15(21)22/h4-5,7-8H,2-3,6,9-11H2,1H3,(H,17,20)(H,21,22). The fraction of sp³-hybridized carbons (Fsp3) is 0.438. The highest BCUT2D eigenvalue weighted by Crippen LogP contribution is 2.11. The van der Waals surface area contributed by atoms with Gasteiger partial charge in [-0.3, -0.25) is 18.7 Å². The highest BCUT2D eigenvalue weighted by atomic mass is 16.4. The molecule has 23 heavy (non-hydrogen) atoms. The van der Waals surface area contributed by atoms with Gasteiger partial charge in [0.2, 0.25) is 5.91 Å². The molecule has 124 valence electrons. The highest BCUT2D eigenvalue weighted by molar-refractivity contribution is 5.80. The van der Waals surface area contributed by atoms with Crippen LogP contribution in [0.5, 0.6) is 0 Å². The van der Waals surface area contributed by atoms with Crippen LogP contribution in [0.4, 0.5) is 0 Å². The molecule has 0 aliphatic carbocycles. The van der Waals surface area contributed by atoms with Gasteiger partial charge in [0.1, 0.15) is 6.54 Å². The molecule has 0 unspecified atom stereocenters. The Hall–Kier alpha value is -2.57. The maximum atomic E-state index is 12.2. The predicted octanol–water partition coefficient (Wildman–Crippen LogP) is 1.10. The van der Waals surface area contributed by atoms with Gasteiger partial charge in [-0.15, -0.1) is 0 Å². The topological polar surface area (TPSA) is 93.3 Å². The van der Waals surface area contributed by atoms with Gasteiger partial charge in [0.05, 0.1) is 11.0 Å². The molecule has 2 aromatic rings. The first-order valence-corrected chi connectivity index (χ1v) is 7.63. The van der Waals surface area contributed by atoms with Gasteiger partial charge in [-0.2, -0.15) is 0 Å². The van der Waals surface area contributed by atoms with E-state index in [-0.39, 0.29) is 24.6 Å². The summed E-state index contributed by atoms with van der Waals surface area (Å²) in [4.78, 5) is 34.6. The molecule has 1 heterocycles. The molecule has 1 aromatic carbocycles. The van der Waals surface area contributed by atoms with E-state index in [0.29, 0.717) is 13.0 Å². The first-order chi connectivity index (χ1) is 11.0. The van der Waals surface area contributed by atoms with Crippen LogP contribution in [0, 0.1) is 0 Å². The summed E-state index contributed by atoms with van der Waals surface area (Å²) < 4.78 is 2.98. The molecule has 0 atom stereocenters. The minimum atomic E-state index is -0.802. The maximum Gasteiger partial charge on any atom is 0.329 e. The molecule has 0 saturated carbocycles. The number of hydrogen-bond donors (Lipinski definition) is 2. The number of carbonyl (C=O) groups excluding carboxylic acids is 1. The number of aliphatic carboxylic acids is 1. The number of unbranched alkanes of at least 4 members (excludes halogenated alkanes) is 2. The summed E-state index contributed by atoms with van der Waals surface area (Å²) in [5.41, 5.74) is 1.30. The van der Waals surface area contributed by atoms with Gasteiger partial charge in [0.25, 0.3) is 0 Å². The van der Waals surface area contributed by atoms with Crippen molar-refractivity contribution in [3.8, 4) is 0 Å². The zero-order valence-corrected chi connectivity index (χ0v) is 13.1. The van der Waals surface area contributed by atoms with E-state index in [2.05, 4.69) is 5.32 Å². The number of imidazole rings is 1. The number of aryl methyl sites for hydroxylation is 1. The second-order valence-electron chi connectivity index (χ2n) is 5.47. The lowest BCUT2D eigenvalue weighted by atomic mass is 10.2. The fourth-order valence-electron chi connectivity index (χ4n) is 2.52.